The number of anilines is 1. The van der Waals surface area contributed by atoms with Gasteiger partial charge in [-0.3, -0.25) is 4.79 Å². The van der Waals surface area contributed by atoms with E-state index in [-0.39, 0.29) is 24.0 Å². The molecule has 2 aromatic carbocycles. The third kappa shape index (κ3) is 3.87. The Bertz CT molecular complexity index is 700. The van der Waals surface area contributed by atoms with Crippen molar-refractivity contribution >= 4 is 11.6 Å². The van der Waals surface area contributed by atoms with Crippen LogP contribution >= 0.6 is 0 Å². The van der Waals surface area contributed by atoms with Crippen molar-refractivity contribution in [3.05, 3.63) is 59.9 Å². The Labute approximate surface area is 133 Å². The van der Waals surface area contributed by atoms with Gasteiger partial charge >= 0.3 is 0 Å². The molecule has 2 aromatic rings. The van der Waals surface area contributed by atoms with Crippen molar-refractivity contribution in [1.82, 2.24) is 0 Å². The summed E-state index contributed by atoms with van der Waals surface area (Å²) < 4.78 is 19.2. The minimum absolute atomic E-state index is 0.0179. The van der Waals surface area contributed by atoms with E-state index in [1.807, 2.05) is 0 Å². The van der Waals surface area contributed by atoms with Gasteiger partial charge in [0.1, 0.15) is 24.3 Å². The molecular formula is C18H18FNO3. The number of amides is 1. The molecule has 0 spiro atoms. The van der Waals surface area contributed by atoms with Crippen LogP contribution in [0.3, 0.4) is 0 Å². The zero-order valence-corrected chi connectivity index (χ0v) is 12.5. The van der Waals surface area contributed by atoms with Gasteiger partial charge in [-0.25, -0.2) is 4.39 Å². The van der Waals surface area contributed by atoms with E-state index >= 15 is 0 Å². The highest BCUT2D eigenvalue weighted by atomic mass is 19.1. The van der Waals surface area contributed by atoms with Gasteiger partial charge in [0.2, 0.25) is 5.91 Å². The number of hydrogen-bond acceptors (Lipinski definition) is 3. The zero-order valence-electron chi connectivity index (χ0n) is 12.5. The van der Waals surface area contributed by atoms with E-state index in [0.29, 0.717) is 11.4 Å². The third-order valence-electron chi connectivity index (χ3n) is 3.75. The molecule has 120 valence electrons. The summed E-state index contributed by atoms with van der Waals surface area (Å²) in [5.41, 5.74) is 0.747. The highest BCUT2D eigenvalue weighted by Crippen LogP contribution is 2.32. The molecule has 1 aliphatic carbocycles. The van der Waals surface area contributed by atoms with E-state index in [1.165, 1.54) is 12.1 Å². The molecular weight excluding hydrogens is 297 g/mol. The molecule has 1 amide bonds. The average molecular weight is 315 g/mol. The van der Waals surface area contributed by atoms with Crippen molar-refractivity contribution in [3.63, 3.8) is 0 Å². The van der Waals surface area contributed by atoms with Gasteiger partial charge in [-0.05, 0) is 31.0 Å². The number of hydrogen-bond donors (Lipinski definition) is 2. The molecule has 23 heavy (non-hydrogen) atoms. The Kier molecular flexibility index (Phi) is 4.57. The molecule has 0 radical (unpaired) electrons. The maximum Gasteiger partial charge on any atom is 0.227 e. The standard InChI is InChI=1S/C18H18FNO3/c19-14-6-2-1-5-13(14)16(21)11-23-17-8-4-3-7-15(17)20-18(22)12-9-10-12/h1-8,12,16,21H,9-11H2,(H,20,22). The number of aliphatic hydroxyl groups is 1. The van der Waals surface area contributed by atoms with E-state index in [0.717, 1.165) is 12.8 Å². The molecule has 0 aromatic heterocycles. The smallest absolute Gasteiger partial charge is 0.227 e. The van der Waals surface area contributed by atoms with Crippen LogP contribution in [0, 0.1) is 11.7 Å². The lowest BCUT2D eigenvalue weighted by Crippen LogP contribution is -2.16. The molecule has 4 nitrogen and oxygen atoms in total. The molecule has 3 rings (SSSR count). The molecule has 2 N–H and O–H groups in total. The number of carbonyl (C=O) groups excluding carboxylic acids is 1. The lowest BCUT2D eigenvalue weighted by atomic mass is 10.1. The second-order valence-corrected chi connectivity index (χ2v) is 5.61. The van der Waals surface area contributed by atoms with Crippen molar-refractivity contribution in [3.8, 4) is 5.75 Å². The van der Waals surface area contributed by atoms with Crippen LogP contribution in [-0.4, -0.2) is 17.6 Å². The van der Waals surface area contributed by atoms with E-state index in [1.54, 1.807) is 36.4 Å². The second-order valence-electron chi connectivity index (χ2n) is 5.61. The first-order valence-corrected chi connectivity index (χ1v) is 7.60. The maximum atomic E-state index is 13.6. The molecule has 1 atom stereocenters. The summed E-state index contributed by atoms with van der Waals surface area (Å²) in [5, 5.41) is 12.9. The number of benzene rings is 2. The van der Waals surface area contributed by atoms with E-state index in [2.05, 4.69) is 5.32 Å². The zero-order chi connectivity index (χ0) is 16.2. The number of aliphatic hydroxyl groups excluding tert-OH is 1. The van der Waals surface area contributed by atoms with Crippen LogP contribution in [0.15, 0.2) is 48.5 Å². The van der Waals surface area contributed by atoms with Crippen LogP contribution in [0.2, 0.25) is 0 Å². The molecule has 0 aliphatic heterocycles. The predicted octanol–water partition coefficient (Wildman–Crippen LogP) is 3.29. The Morgan fingerprint density at radius 2 is 1.91 bits per heavy atom. The van der Waals surface area contributed by atoms with Crippen LogP contribution in [0.5, 0.6) is 5.75 Å². The number of rotatable bonds is 6. The van der Waals surface area contributed by atoms with Crippen molar-refractivity contribution in [2.45, 2.75) is 18.9 Å². The molecule has 0 saturated heterocycles. The number of nitrogens with one attached hydrogen (secondary N) is 1. The summed E-state index contributed by atoms with van der Waals surface area (Å²) in [7, 11) is 0. The number of halogens is 1. The lowest BCUT2D eigenvalue weighted by molar-refractivity contribution is -0.117. The van der Waals surface area contributed by atoms with E-state index in [9.17, 15) is 14.3 Å². The third-order valence-corrected chi connectivity index (χ3v) is 3.75. The summed E-state index contributed by atoms with van der Waals surface area (Å²) in [6, 6.07) is 13.1. The molecule has 0 heterocycles. The average Bonchev–Trinajstić information content (AvgIpc) is 3.39. The second kappa shape index (κ2) is 6.79. The summed E-state index contributed by atoms with van der Waals surface area (Å²) in [5.74, 6) is 0.0542. The quantitative estimate of drug-likeness (QED) is 0.860. The van der Waals surface area contributed by atoms with Crippen LogP contribution in [0.4, 0.5) is 10.1 Å². The molecule has 1 saturated carbocycles. The normalized spacial score (nSPS) is 15.0. The van der Waals surface area contributed by atoms with Crippen LogP contribution in [0.1, 0.15) is 24.5 Å². The van der Waals surface area contributed by atoms with Crippen molar-refractivity contribution in [2.24, 2.45) is 5.92 Å². The van der Waals surface area contributed by atoms with Crippen LogP contribution in [0.25, 0.3) is 0 Å². The molecule has 1 fully saturated rings. The summed E-state index contributed by atoms with van der Waals surface area (Å²) in [6.45, 7) is -0.1000. The molecule has 1 aliphatic rings. The first-order chi connectivity index (χ1) is 11.1. The van der Waals surface area contributed by atoms with Crippen molar-refractivity contribution in [2.75, 3.05) is 11.9 Å². The van der Waals surface area contributed by atoms with Crippen LogP contribution in [-0.2, 0) is 4.79 Å². The van der Waals surface area contributed by atoms with Gasteiger partial charge in [0.05, 0.1) is 5.69 Å². The van der Waals surface area contributed by atoms with E-state index < -0.39 is 11.9 Å². The SMILES string of the molecule is O=C(Nc1ccccc1OCC(O)c1ccccc1F)C1CC1. The van der Waals surface area contributed by atoms with Crippen molar-refractivity contribution < 1.29 is 19.0 Å². The fourth-order valence-corrected chi connectivity index (χ4v) is 2.28. The predicted molar refractivity (Wildman–Crippen MR) is 84.7 cm³/mol. The Hall–Kier alpha value is -2.40. The van der Waals surface area contributed by atoms with Gasteiger partial charge in [0, 0.05) is 11.5 Å². The fourth-order valence-electron chi connectivity index (χ4n) is 2.28. The Morgan fingerprint density at radius 1 is 1.22 bits per heavy atom. The van der Waals surface area contributed by atoms with Crippen molar-refractivity contribution in [1.29, 1.82) is 0 Å². The minimum Gasteiger partial charge on any atom is -0.488 e. The molecule has 5 heteroatoms. The summed E-state index contributed by atoms with van der Waals surface area (Å²) in [6.07, 6.45) is 0.755. The molecule has 1 unspecified atom stereocenters. The Morgan fingerprint density at radius 3 is 2.65 bits per heavy atom. The van der Waals surface area contributed by atoms with Crippen LogP contribution < -0.4 is 10.1 Å². The van der Waals surface area contributed by atoms with Gasteiger partial charge in [-0.15, -0.1) is 0 Å². The lowest BCUT2D eigenvalue weighted by Gasteiger charge is -2.16. The summed E-state index contributed by atoms with van der Waals surface area (Å²) in [4.78, 5) is 11.9. The number of ether oxygens (including phenoxy) is 1. The minimum atomic E-state index is -1.08. The summed E-state index contributed by atoms with van der Waals surface area (Å²) >= 11 is 0. The van der Waals surface area contributed by atoms with Gasteiger partial charge in [-0.1, -0.05) is 30.3 Å². The first kappa shape index (κ1) is 15.5. The molecule has 0 bridgehead atoms. The van der Waals surface area contributed by atoms with E-state index in [4.69, 9.17) is 4.74 Å². The highest BCUT2D eigenvalue weighted by Gasteiger charge is 2.30. The monoisotopic (exact) mass is 315 g/mol. The Balaban J connectivity index is 1.66. The van der Waals surface area contributed by atoms with Gasteiger partial charge < -0.3 is 15.2 Å². The first-order valence-electron chi connectivity index (χ1n) is 7.60. The van der Waals surface area contributed by atoms with Gasteiger partial charge in [0.15, 0.2) is 0 Å². The number of para-hydroxylation sites is 2. The highest BCUT2D eigenvalue weighted by molar-refractivity contribution is 5.95. The topological polar surface area (TPSA) is 58.6 Å². The van der Waals surface area contributed by atoms with Gasteiger partial charge in [-0.2, -0.15) is 0 Å². The maximum absolute atomic E-state index is 13.6. The van der Waals surface area contributed by atoms with Gasteiger partial charge in [0.25, 0.3) is 0 Å². The largest absolute Gasteiger partial charge is 0.488 e. The number of carbonyl (C=O) groups is 1. The fraction of sp³-hybridized carbons (Fsp3) is 0.278.